The summed E-state index contributed by atoms with van der Waals surface area (Å²) in [7, 11) is 4.66. The third-order valence-corrected chi connectivity index (χ3v) is 5.92. The van der Waals surface area contributed by atoms with E-state index in [1.807, 2.05) is 24.3 Å². The number of carbonyl (C=O) groups excluding carboxylic acids is 2. The van der Waals surface area contributed by atoms with Crippen LogP contribution in [0.3, 0.4) is 0 Å². The van der Waals surface area contributed by atoms with Gasteiger partial charge in [0.25, 0.3) is 0 Å². The zero-order chi connectivity index (χ0) is 21.5. The van der Waals surface area contributed by atoms with Gasteiger partial charge in [-0.15, -0.1) is 11.8 Å². The maximum Gasteiger partial charge on any atom is 0.227 e. The first-order valence-electron chi connectivity index (χ1n) is 9.65. The molecular weight excluding hydrogens is 404 g/mol. The summed E-state index contributed by atoms with van der Waals surface area (Å²) in [6.45, 7) is 0.884. The minimum atomic E-state index is -0.206. The van der Waals surface area contributed by atoms with Crippen molar-refractivity contribution in [2.75, 3.05) is 38.5 Å². The summed E-state index contributed by atoms with van der Waals surface area (Å²) < 4.78 is 16.0. The highest BCUT2D eigenvalue weighted by Gasteiger charge is 2.23. The molecule has 0 saturated carbocycles. The number of para-hydroxylation sites is 1. The molecule has 160 valence electrons. The molecule has 0 fully saturated rings. The van der Waals surface area contributed by atoms with Gasteiger partial charge in [0.1, 0.15) is 17.2 Å². The van der Waals surface area contributed by atoms with E-state index < -0.39 is 0 Å². The third-order valence-electron chi connectivity index (χ3n) is 4.87. The predicted molar refractivity (Wildman–Crippen MR) is 117 cm³/mol. The highest BCUT2D eigenvalue weighted by atomic mass is 32.2. The number of ether oxygens (including phenoxy) is 3. The quantitative estimate of drug-likeness (QED) is 0.693. The van der Waals surface area contributed by atoms with E-state index in [4.69, 9.17) is 14.2 Å². The first-order chi connectivity index (χ1) is 14.6. The molecular formula is C22H26N2O5S. The van der Waals surface area contributed by atoms with Crippen LogP contribution in [0.2, 0.25) is 0 Å². The van der Waals surface area contributed by atoms with E-state index in [0.29, 0.717) is 29.4 Å². The summed E-state index contributed by atoms with van der Waals surface area (Å²) in [5.74, 6) is 2.33. The van der Waals surface area contributed by atoms with Crippen molar-refractivity contribution in [3.05, 3.63) is 42.0 Å². The van der Waals surface area contributed by atoms with Gasteiger partial charge in [0.05, 0.1) is 39.1 Å². The molecule has 2 aromatic rings. The van der Waals surface area contributed by atoms with Crippen molar-refractivity contribution in [2.24, 2.45) is 0 Å². The zero-order valence-electron chi connectivity index (χ0n) is 17.4. The van der Waals surface area contributed by atoms with Crippen LogP contribution in [0.4, 0.5) is 5.69 Å². The van der Waals surface area contributed by atoms with Gasteiger partial charge in [-0.2, -0.15) is 0 Å². The predicted octanol–water partition coefficient (Wildman–Crippen LogP) is 3.25. The normalized spacial score (nSPS) is 12.7. The number of methoxy groups -OCH3 is 3. The molecule has 1 aliphatic rings. The molecule has 8 heteroatoms. The highest BCUT2D eigenvalue weighted by Crippen LogP contribution is 2.35. The second kappa shape index (κ2) is 10.2. The zero-order valence-corrected chi connectivity index (χ0v) is 18.2. The largest absolute Gasteiger partial charge is 0.496 e. The Kier molecular flexibility index (Phi) is 7.46. The Balaban J connectivity index is 1.58. The average molecular weight is 431 g/mol. The lowest BCUT2D eigenvalue weighted by molar-refractivity contribution is -0.125. The number of hydrogen-bond donors (Lipinski definition) is 1. The fourth-order valence-electron chi connectivity index (χ4n) is 3.31. The van der Waals surface area contributed by atoms with Crippen LogP contribution in [-0.4, -0.2) is 45.4 Å². The van der Waals surface area contributed by atoms with Gasteiger partial charge < -0.3 is 24.4 Å². The second-order valence-corrected chi connectivity index (χ2v) is 7.79. The number of anilines is 1. The van der Waals surface area contributed by atoms with Crippen LogP contribution in [0.15, 0.2) is 41.3 Å². The van der Waals surface area contributed by atoms with Crippen LogP contribution < -0.4 is 24.4 Å². The second-order valence-electron chi connectivity index (χ2n) is 6.65. The maximum absolute atomic E-state index is 12.7. The number of nitrogens with zero attached hydrogens (tertiary/aromatic N) is 1. The van der Waals surface area contributed by atoms with Gasteiger partial charge in [-0.3, -0.25) is 9.59 Å². The fraction of sp³-hybridized carbons (Fsp3) is 0.364. The number of rotatable bonds is 8. The third kappa shape index (κ3) is 4.99. The minimum Gasteiger partial charge on any atom is -0.496 e. The summed E-state index contributed by atoms with van der Waals surface area (Å²) in [5, 5.41) is 2.85. The molecule has 0 spiro atoms. The lowest BCUT2D eigenvalue weighted by Crippen LogP contribution is -2.36. The molecule has 2 amide bonds. The Hall–Kier alpha value is -2.87. The fourth-order valence-corrected chi connectivity index (χ4v) is 4.31. The van der Waals surface area contributed by atoms with Crippen LogP contribution in [-0.2, 0) is 16.1 Å². The molecule has 0 atom stereocenters. The molecule has 0 aliphatic carbocycles. The van der Waals surface area contributed by atoms with Crippen LogP contribution in [0.5, 0.6) is 17.2 Å². The number of fused-ring (bicyclic) bond motifs is 1. The van der Waals surface area contributed by atoms with Gasteiger partial charge in [-0.05, 0) is 12.1 Å². The molecule has 0 bridgehead atoms. The van der Waals surface area contributed by atoms with E-state index in [-0.39, 0.29) is 31.2 Å². The Bertz CT molecular complexity index is 893. The van der Waals surface area contributed by atoms with E-state index in [0.717, 1.165) is 16.3 Å². The van der Waals surface area contributed by atoms with E-state index >= 15 is 0 Å². The molecule has 1 aliphatic heterocycles. The highest BCUT2D eigenvalue weighted by molar-refractivity contribution is 7.99. The Morgan fingerprint density at radius 3 is 2.40 bits per heavy atom. The molecule has 2 aromatic carbocycles. The van der Waals surface area contributed by atoms with Crippen molar-refractivity contribution in [3.63, 3.8) is 0 Å². The van der Waals surface area contributed by atoms with Crippen molar-refractivity contribution in [1.29, 1.82) is 0 Å². The summed E-state index contributed by atoms with van der Waals surface area (Å²) in [4.78, 5) is 27.9. The standard InChI is InChI=1S/C22H26N2O5S/c1-27-15-12-18(28-2)16(19(13-15)29-3)14-23-21(25)8-9-22(26)24-10-11-30-20-7-5-4-6-17(20)24/h4-7,12-13H,8-11,14H2,1-3H3,(H,23,25). The van der Waals surface area contributed by atoms with Crippen molar-refractivity contribution in [3.8, 4) is 17.2 Å². The minimum absolute atomic E-state index is 0.0440. The molecule has 0 aromatic heterocycles. The van der Waals surface area contributed by atoms with Gasteiger partial charge in [-0.1, -0.05) is 12.1 Å². The number of amides is 2. The summed E-state index contributed by atoms with van der Waals surface area (Å²) in [5.41, 5.74) is 1.63. The van der Waals surface area contributed by atoms with Crippen molar-refractivity contribution >= 4 is 29.3 Å². The van der Waals surface area contributed by atoms with Crippen molar-refractivity contribution in [2.45, 2.75) is 24.3 Å². The smallest absolute Gasteiger partial charge is 0.227 e. The van der Waals surface area contributed by atoms with Crippen molar-refractivity contribution < 1.29 is 23.8 Å². The number of thioether (sulfide) groups is 1. The average Bonchev–Trinajstić information content (AvgIpc) is 2.80. The lowest BCUT2D eigenvalue weighted by Gasteiger charge is -2.29. The Labute approximate surface area is 180 Å². The number of carbonyl (C=O) groups is 2. The number of nitrogens with one attached hydrogen (secondary N) is 1. The van der Waals surface area contributed by atoms with Gasteiger partial charge in [0.2, 0.25) is 11.8 Å². The monoisotopic (exact) mass is 430 g/mol. The number of hydrogen-bond acceptors (Lipinski definition) is 6. The molecule has 0 unspecified atom stereocenters. The van der Waals surface area contributed by atoms with Crippen LogP contribution in [0.25, 0.3) is 0 Å². The van der Waals surface area contributed by atoms with Gasteiger partial charge in [-0.25, -0.2) is 0 Å². The van der Waals surface area contributed by atoms with E-state index in [1.54, 1.807) is 50.1 Å². The van der Waals surface area contributed by atoms with Crippen LogP contribution in [0, 0.1) is 0 Å². The molecule has 1 N–H and O–H groups in total. The topological polar surface area (TPSA) is 77.1 Å². The maximum atomic E-state index is 12.7. The molecule has 30 heavy (non-hydrogen) atoms. The molecule has 1 heterocycles. The molecule has 3 rings (SSSR count). The first kappa shape index (κ1) is 21.8. The summed E-state index contributed by atoms with van der Waals surface area (Å²) in [6, 6.07) is 11.3. The molecule has 7 nitrogen and oxygen atoms in total. The lowest BCUT2D eigenvalue weighted by atomic mass is 10.1. The summed E-state index contributed by atoms with van der Waals surface area (Å²) in [6.07, 6.45) is 0.271. The van der Waals surface area contributed by atoms with Gasteiger partial charge in [0.15, 0.2) is 0 Å². The Morgan fingerprint density at radius 2 is 1.73 bits per heavy atom. The molecule has 0 radical (unpaired) electrons. The van der Waals surface area contributed by atoms with Crippen LogP contribution in [0.1, 0.15) is 18.4 Å². The van der Waals surface area contributed by atoms with E-state index in [9.17, 15) is 9.59 Å². The van der Waals surface area contributed by atoms with E-state index in [1.165, 1.54) is 0 Å². The van der Waals surface area contributed by atoms with E-state index in [2.05, 4.69) is 5.32 Å². The van der Waals surface area contributed by atoms with Gasteiger partial charge >= 0.3 is 0 Å². The molecule has 0 saturated heterocycles. The van der Waals surface area contributed by atoms with Crippen LogP contribution >= 0.6 is 11.8 Å². The number of benzene rings is 2. The first-order valence-corrected chi connectivity index (χ1v) is 10.6. The van der Waals surface area contributed by atoms with Gasteiger partial charge in [0, 0.05) is 42.2 Å². The summed E-state index contributed by atoms with van der Waals surface area (Å²) >= 11 is 1.74. The Morgan fingerprint density at radius 1 is 1.03 bits per heavy atom. The SMILES string of the molecule is COc1cc(OC)c(CNC(=O)CCC(=O)N2CCSc3ccccc32)c(OC)c1. The van der Waals surface area contributed by atoms with Crippen molar-refractivity contribution in [1.82, 2.24) is 5.32 Å².